The number of benzene rings is 2. The van der Waals surface area contributed by atoms with Gasteiger partial charge in [0.2, 0.25) is 5.91 Å². The Morgan fingerprint density at radius 1 is 1.04 bits per heavy atom. The number of methoxy groups -OCH3 is 2. The molecule has 0 spiro atoms. The maximum Gasteiger partial charge on any atom is 0.225 e. The van der Waals surface area contributed by atoms with Crippen molar-refractivity contribution in [1.29, 1.82) is 0 Å². The molecule has 0 radical (unpaired) electrons. The highest BCUT2D eigenvalue weighted by atomic mass is 16.5. The van der Waals surface area contributed by atoms with E-state index in [0.717, 1.165) is 11.1 Å². The second-order valence-electron chi connectivity index (χ2n) is 5.81. The molecule has 1 aliphatic rings. The molecule has 1 fully saturated rings. The first-order valence-electron chi connectivity index (χ1n) is 7.83. The van der Waals surface area contributed by atoms with Crippen molar-refractivity contribution in [2.45, 2.75) is 12.0 Å². The van der Waals surface area contributed by atoms with E-state index in [0.29, 0.717) is 24.7 Å². The van der Waals surface area contributed by atoms with Gasteiger partial charge in [0.15, 0.2) is 0 Å². The Hall–Kier alpha value is -2.53. The summed E-state index contributed by atoms with van der Waals surface area (Å²) in [5.41, 5.74) is 1.34. The van der Waals surface area contributed by atoms with Crippen molar-refractivity contribution in [1.82, 2.24) is 5.32 Å². The molecule has 5 heteroatoms. The SMILES string of the molecule is COc1cccc(OC)c1CC(=O)NC1(c2ccccc2)COC1. The van der Waals surface area contributed by atoms with E-state index >= 15 is 0 Å². The minimum atomic E-state index is -0.451. The zero-order valence-corrected chi connectivity index (χ0v) is 13.9. The van der Waals surface area contributed by atoms with Gasteiger partial charge in [-0.15, -0.1) is 0 Å². The Morgan fingerprint density at radius 3 is 2.17 bits per heavy atom. The van der Waals surface area contributed by atoms with Gasteiger partial charge in [-0.25, -0.2) is 0 Å². The van der Waals surface area contributed by atoms with E-state index in [2.05, 4.69) is 5.32 Å². The van der Waals surface area contributed by atoms with Crippen LogP contribution in [0.15, 0.2) is 48.5 Å². The molecule has 2 aromatic rings. The van der Waals surface area contributed by atoms with Gasteiger partial charge in [-0.3, -0.25) is 4.79 Å². The highest BCUT2D eigenvalue weighted by Gasteiger charge is 2.41. The summed E-state index contributed by atoms with van der Waals surface area (Å²) < 4.78 is 16.1. The van der Waals surface area contributed by atoms with Gasteiger partial charge in [0.25, 0.3) is 0 Å². The Morgan fingerprint density at radius 2 is 1.67 bits per heavy atom. The first-order chi connectivity index (χ1) is 11.7. The molecule has 2 aromatic carbocycles. The molecule has 3 rings (SSSR count). The van der Waals surface area contributed by atoms with Crippen molar-refractivity contribution < 1.29 is 19.0 Å². The van der Waals surface area contributed by atoms with Crippen molar-refractivity contribution >= 4 is 5.91 Å². The van der Waals surface area contributed by atoms with Gasteiger partial charge in [0.1, 0.15) is 17.0 Å². The standard InChI is InChI=1S/C19H21NO4/c1-22-16-9-6-10-17(23-2)15(16)11-18(21)20-19(12-24-13-19)14-7-4-3-5-8-14/h3-10H,11-13H2,1-2H3,(H,20,21). The number of carbonyl (C=O) groups excluding carboxylic acids is 1. The first-order valence-corrected chi connectivity index (χ1v) is 7.83. The second kappa shape index (κ2) is 6.93. The monoisotopic (exact) mass is 327 g/mol. The van der Waals surface area contributed by atoms with Gasteiger partial charge in [-0.1, -0.05) is 36.4 Å². The van der Waals surface area contributed by atoms with Crippen LogP contribution in [0, 0.1) is 0 Å². The molecule has 24 heavy (non-hydrogen) atoms. The zero-order chi connectivity index (χ0) is 17.0. The van der Waals surface area contributed by atoms with Crippen LogP contribution in [0.4, 0.5) is 0 Å². The number of carbonyl (C=O) groups is 1. The lowest BCUT2D eigenvalue weighted by Crippen LogP contribution is -2.59. The molecule has 126 valence electrons. The third-order valence-corrected chi connectivity index (χ3v) is 4.27. The fourth-order valence-corrected chi connectivity index (χ4v) is 2.95. The average molecular weight is 327 g/mol. The summed E-state index contributed by atoms with van der Waals surface area (Å²) in [4.78, 5) is 12.7. The lowest BCUT2D eigenvalue weighted by atomic mass is 9.87. The first kappa shape index (κ1) is 16.3. The molecule has 0 aliphatic carbocycles. The molecule has 0 bridgehead atoms. The van der Waals surface area contributed by atoms with E-state index in [-0.39, 0.29) is 12.3 Å². The van der Waals surface area contributed by atoms with Gasteiger partial charge >= 0.3 is 0 Å². The predicted octanol–water partition coefficient (Wildman–Crippen LogP) is 2.29. The van der Waals surface area contributed by atoms with Gasteiger partial charge < -0.3 is 19.5 Å². The number of ether oxygens (including phenoxy) is 3. The molecule has 1 aliphatic heterocycles. The maximum absolute atomic E-state index is 12.7. The molecule has 0 saturated carbocycles. The van der Waals surface area contributed by atoms with E-state index in [1.165, 1.54) is 0 Å². The molecule has 0 aromatic heterocycles. The van der Waals surface area contributed by atoms with E-state index in [1.807, 2.05) is 48.5 Å². The summed E-state index contributed by atoms with van der Waals surface area (Å²) in [5, 5.41) is 3.12. The number of rotatable bonds is 6. The van der Waals surface area contributed by atoms with Crippen LogP contribution in [0.1, 0.15) is 11.1 Å². The Kier molecular flexibility index (Phi) is 4.71. The fourth-order valence-electron chi connectivity index (χ4n) is 2.95. The van der Waals surface area contributed by atoms with Gasteiger partial charge in [0, 0.05) is 5.56 Å². The average Bonchev–Trinajstić information content (AvgIpc) is 2.59. The van der Waals surface area contributed by atoms with Crippen molar-refractivity contribution in [3.05, 3.63) is 59.7 Å². The normalized spacial score (nSPS) is 15.2. The minimum Gasteiger partial charge on any atom is -0.496 e. The third kappa shape index (κ3) is 3.08. The molecule has 1 heterocycles. The summed E-state index contributed by atoms with van der Waals surface area (Å²) in [6, 6.07) is 15.4. The van der Waals surface area contributed by atoms with Crippen LogP contribution >= 0.6 is 0 Å². The van der Waals surface area contributed by atoms with Gasteiger partial charge in [-0.2, -0.15) is 0 Å². The van der Waals surface area contributed by atoms with Crippen molar-refractivity contribution in [3.63, 3.8) is 0 Å². The molecule has 0 atom stereocenters. The molecule has 0 unspecified atom stereocenters. The fraction of sp³-hybridized carbons (Fsp3) is 0.316. The lowest BCUT2D eigenvalue weighted by molar-refractivity contribution is -0.133. The Bertz CT molecular complexity index is 688. The summed E-state index contributed by atoms with van der Waals surface area (Å²) in [6.45, 7) is 0.956. The van der Waals surface area contributed by atoms with Crippen LogP contribution in [0.3, 0.4) is 0 Å². The Labute approximate surface area is 141 Å². The molecule has 1 amide bonds. The van der Waals surface area contributed by atoms with Crippen LogP contribution in [0.5, 0.6) is 11.5 Å². The smallest absolute Gasteiger partial charge is 0.225 e. The van der Waals surface area contributed by atoms with Crippen LogP contribution in [-0.2, 0) is 21.5 Å². The van der Waals surface area contributed by atoms with Crippen LogP contribution in [0.2, 0.25) is 0 Å². The minimum absolute atomic E-state index is 0.0926. The second-order valence-corrected chi connectivity index (χ2v) is 5.81. The molecule has 1 saturated heterocycles. The Balaban J connectivity index is 1.79. The van der Waals surface area contributed by atoms with Crippen LogP contribution in [0.25, 0.3) is 0 Å². The quantitative estimate of drug-likeness (QED) is 0.884. The highest BCUT2D eigenvalue weighted by Crippen LogP contribution is 2.31. The zero-order valence-electron chi connectivity index (χ0n) is 13.9. The highest BCUT2D eigenvalue weighted by molar-refractivity contribution is 5.81. The van der Waals surface area contributed by atoms with Crippen LogP contribution < -0.4 is 14.8 Å². The van der Waals surface area contributed by atoms with E-state index < -0.39 is 5.54 Å². The molecule has 1 N–H and O–H groups in total. The maximum atomic E-state index is 12.7. The van der Waals surface area contributed by atoms with Crippen molar-refractivity contribution in [3.8, 4) is 11.5 Å². The molecular weight excluding hydrogens is 306 g/mol. The number of amides is 1. The predicted molar refractivity (Wildman–Crippen MR) is 90.3 cm³/mol. The summed E-state index contributed by atoms with van der Waals surface area (Å²) in [5.74, 6) is 1.19. The summed E-state index contributed by atoms with van der Waals surface area (Å²) in [7, 11) is 3.17. The summed E-state index contributed by atoms with van der Waals surface area (Å²) >= 11 is 0. The van der Waals surface area contributed by atoms with Gasteiger partial charge in [0.05, 0.1) is 33.9 Å². The van der Waals surface area contributed by atoms with Gasteiger partial charge in [-0.05, 0) is 17.7 Å². The largest absolute Gasteiger partial charge is 0.496 e. The van der Waals surface area contributed by atoms with Crippen molar-refractivity contribution in [2.24, 2.45) is 0 Å². The number of hydrogen-bond donors (Lipinski definition) is 1. The molecular formula is C19H21NO4. The van der Waals surface area contributed by atoms with E-state index in [1.54, 1.807) is 14.2 Å². The summed E-state index contributed by atoms with van der Waals surface area (Å²) in [6.07, 6.45) is 0.182. The lowest BCUT2D eigenvalue weighted by Gasteiger charge is -2.42. The van der Waals surface area contributed by atoms with Crippen molar-refractivity contribution in [2.75, 3.05) is 27.4 Å². The number of nitrogens with one attached hydrogen (secondary N) is 1. The third-order valence-electron chi connectivity index (χ3n) is 4.27. The topological polar surface area (TPSA) is 56.8 Å². The van der Waals surface area contributed by atoms with Crippen LogP contribution in [-0.4, -0.2) is 33.3 Å². The number of hydrogen-bond acceptors (Lipinski definition) is 4. The van der Waals surface area contributed by atoms with E-state index in [9.17, 15) is 4.79 Å². The van der Waals surface area contributed by atoms with E-state index in [4.69, 9.17) is 14.2 Å². The molecule has 5 nitrogen and oxygen atoms in total.